The summed E-state index contributed by atoms with van der Waals surface area (Å²) >= 11 is 0. The van der Waals surface area contributed by atoms with E-state index >= 15 is 0 Å². The number of carbonyl (C=O) groups is 2. The molecule has 1 aliphatic rings. The number of Topliss-reactive ketones (excluding diaryl/α,β-unsaturated/α-hetero) is 1. The molecule has 3 rings (SSSR count). The average Bonchev–Trinajstić information content (AvgIpc) is 2.65. The first-order valence-corrected chi connectivity index (χ1v) is 8.71. The van der Waals surface area contributed by atoms with Gasteiger partial charge < -0.3 is 14.4 Å². The first kappa shape index (κ1) is 18.1. The second-order valence-electron chi connectivity index (χ2n) is 6.39. The lowest BCUT2D eigenvalue weighted by Crippen LogP contribution is -2.64. The third-order valence-corrected chi connectivity index (χ3v) is 4.68. The Bertz CT molecular complexity index is 757. The minimum atomic E-state index is -0.572. The van der Waals surface area contributed by atoms with Gasteiger partial charge in [-0.25, -0.2) is 0 Å². The second kappa shape index (κ2) is 8.15. The maximum atomic E-state index is 12.5. The Morgan fingerprint density at radius 3 is 2.38 bits per heavy atom. The van der Waals surface area contributed by atoms with E-state index < -0.39 is 5.92 Å². The van der Waals surface area contributed by atoms with Crippen molar-refractivity contribution in [2.24, 2.45) is 5.92 Å². The number of rotatable bonds is 8. The van der Waals surface area contributed by atoms with Crippen LogP contribution in [-0.4, -0.2) is 31.4 Å². The van der Waals surface area contributed by atoms with Gasteiger partial charge in [0, 0.05) is 12.3 Å². The third-order valence-electron chi connectivity index (χ3n) is 4.68. The number of benzene rings is 2. The predicted molar refractivity (Wildman–Crippen MR) is 99.2 cm³/mol. The van der Waals surface area contributed by atoms with Crippen LogP contribution in [0.4, 0.5) is 5.69 Å². The summed E-state index contributed by atoms with van der Waals surface area (Å²) in [5.41, 5.74) is 1.88. The van der Waals surface area contributed by atoms with Crippen LogP contribution in [0.2, 0.25) is 0 Å². The fraction of sp³-hybridized carbons (Fsp3) is 0.333. The number of anilines is 1. The molecule has 136 valence electrons. The molecular weight excluding hydrogens is 330 g/mol. The largest absolute Gasteiger partial charge is 0.497 e. The number of hydrogen-bond donors (Lipinski definition) is 0. The number of β-lactam (4-membered cyclic amide) rings is 1. The molecule has 2 aromatic carbocycles. The number of ketones is 1. The minimum Gasteiger partial charge on any atom is -0.497 e. The molecule has 26 heavy (non-hydrogen) atoms. The van der Waals surface area contributed by atoms with Crippen molar-refractivity contribution in [2.45, 2.75) is 26.0 Å². The van der Waals surface area contributed by atoms with Gasteiger partial charge in [-0.1, -0.05) is 30.3 Å². The first-order chi connectivity index (χ1) is 12.6. The van der Waals surface area contributed by atoms with E-state index in [1.807, 2.05) is 54.6 Å². The number of carbonyl (C=O) groups excluding carboxylic acids is 2. The fourth-order valence-electron chi connectivity index (χ4n) is 3.32. The Hall–Kier alpha value is -2.66. The fourth-order valence-corrected chi connectivity index (χ4v) is 3.32. The predicted octanol–water partition coefficient (Wildman–Crippen LogP) is 3.22. The highest BCUT2D eigenvalue weighted by atomic mass is 16.5. The van der Waals surface area contributed by atoms with Crippen molar-refractivity contribution in [1.29, 1.82) is 0 Å². The van der Waals surface area contributed by atoms with Gasteiger partial charge in [-0.3, -0.25) is 9.59 Å². The molecule has 0 N–H and O–H groups in total. The van der Waals surface area contributed by atoms with Crippen LogP contribution in [-0.2, 0) is 20.9 Å². The summed E-state index contributed by atoms with van der Waals surface area (Å²) in [4.78, 5) is 26.0. The van der Waals surface area contributed by atoms with Gasteiger partial charge in [0.2, 0.25) is 5.91 Å². The van der Waals surface area contributed by atoms with Crippen LogP contribution in [0.5, 0.6) is 5.75 Å². The number of nitrogens with zero attached hydrogens (tertiary/aromatic N) is 1. The molecule has 0 unspecified atom stereocenters. The molecule has 0 saturated carbocycles. The zero-order valence-electron chi connectivity index (χ0n) is 15.1. The molecular formula is C21H23NO4. The molecule has 2 atom stereocenters. The van der Waals surface area contributed by atoms with Crippen LogP contribution >= 0.6 is 0 Å². The SMILES string of the molecule is COc1ccc(N2C(=O)[C@H](C(C)=O)[C@H]2CCOCc2ccccc2)cc1. The second-order valence-corrected chi connectivity index (χ2v) is 6.39. The van der Waals surface area contributed by atoms with Gasteiger partial charge in [-0.2, -0.15) is 0 Å². The standard InChI is InChI=1S/C21H23NO4/c1-15(23)20-19(12-13-26-14-16-6-4-3-5-7-16)22(21(20)24)17-8-10-18(25-2)11-9-17/h3-11,19-20H,12-14H2,1-2H3/t19-,20-/m1/s1. The number of ether oxygens (including phenoxy) is 2. The summed E-state index contributed by atoms with van der Waals surface area (Å²) < 4.78 is 10.9. The van der Waals surface area contributed by atoms with Crippen LogP contribution < -0.4 is 9.64 Å². The van der Waals surface area contributed by atoms with Gasteiger partial charge >= 0.3 is 0 Å². The van der Waals surface area contributed by atoms with Gasteiger partial charge in [-0.15, -0.1) is 0 Å². The molecule has 1 aliphatic heterocycles. The van der Waals surface area contributed by atoms with E-state index in [2.05, 4.69) is 0 Å². The molecule has 2 aromatic rings. The Morgan fingerprint density at radius 2 is 1.77 bits per heavy atom. The monoisotopic (exact) mass is 353 g/mol. The molecule has 0 aromatic heterocycles. The average molecular weight is 353 g/mol. The maximum Gasteiger partial charge on any atom is 0.239 e. The van der Waals surface area contributed by atoms with Gasteiger partial charge in [0.1, 0.15) is 17.5 Å². The van der Waals surface area contributed by atoms with Crippen LogP contribution in [0.3, 0.4) is 0 Å². The summed E-state index contributed by atoms with van der Waals surface area (Å²) in [5, 5.41) is 0. The smallest absolute Gasteiger partial charge is 0.239 e. The molecule has 0 spiro atoms. The van der Waals surface area contributed by atoms with Crippen molar-refractivity contribution in [1.82, 2.24) is 0 Å². The normalized spacial score (nSPS) is 19.2. The molecule has 5 nitrogen and oxygen atoms in total. The van der Waals surface area contributed by atoms with Gasteiger partial charge in [-0.05, 0) is 43.2 Å². The Morgan fingerprint density at radius 1 is 1.08 bits per heavy atom. The number of methoxy groups -OCH3 is 1. The van der Waals surface area contributed by atoms with E-state index in [0.717, 1.165) is 17.0 Å². The lowest BCUT2D eigenvalue weighted by molar-refractivity contribution is -0.139. The van der Waals surface area contributed by atoms with Crippen molar-refractivity contribution in [2.75, 3.05) is 18.6 Å². The van der Waals surface area contributed by atoms with Crippen molar-refractivity contribution >= 4 is 17.4 Å². The van der Waals surface area contributed by atoms with E-state index in [4.69, 9.17) is 9.47 Å². The molecule has 5 heteroatoms. The van der Waals surface area contributed by atoms with E-state index in [1.165, 1.54) is 6.92 Å². The summed E-state index contributed by atoms with van der Waals surface area (Å²) in [7, 11) is 1.60. The highest BCUT2D eigenvalue weighted by Crippen LogP contribution is 2.36. The highest BCUT2D eigenvalue weighted by Gasteiger charge is 2.50. The summed E-state index contributed by atoms with van der Waals surface area (Å²) in [6.45, 7) is 2.49. The van der Waals surface area contributed by atoms with Gasteiger partial charge in [0.05, 0.1) is 19.8 Å². The third kappa shape index (κ3) is 3.78. The van der Waals surface area contributed by atoms with Crippen molar-refractivity contribution < 1.29 is 19.1 Å². The van der Waals surface area contributed by atoms with Crippen LogP contribution in [0.15, 0.2) is 54.6 Å². The molecule has 1 fully saturated rings. The van der Waals surface area contributed by atoms with Crippen LogP contribution in [0.25, 0.3) is 0 Å². The lowest BCUT2D eigenvalue weighted by atomic mass is 9.82. The zero-order valence-corrected chi connectivity index (χ0v) is 15.1. The molecule has 0 radical (unpaired) electrons. The molecule has 1 amide bonds. The Labute approximate surface area is 153 Å². The van der Waals surface area contributed by atoms with Gasteiger partial charge in [0.15, 0.2) is 0 Å². The van der Waals surface area contributed by atoms with Crippen molar-refractivity contribution in [3.8, 4) is 5.75 Å². The zero-order chi connectivity index (χ0) is 18.5. The van der Waals surface area contributed by atoms with E-state index in [9.17, 15) is 9.59 Å². The quantitative estimate of drug-likeness (QED) is 0.415. The number of amides is 1. The van der Waals surface area contributed by atoms with E-state index in [-0.39, 0.29) is 17.7 Å². The summed E-state index contributed by atoms with van der Waals surface area (Å²) in [6.07, 6.45) is 0.620. The minimum absolute atomic E-state index is 0.0900. The summed E-state index contributed by atoms with van der Waals surface area (Å²) in [5.74, 6) is -0.0754. The van der Waals surface area contributed by atoms with Crippen LogP contribution in [0.1, 0.15) is 18.9 Å². The van der Waals surface area contributed by atoms with E-state index in [0.29, 0.717) is 19.6 Å². The Balaban J connectivity index is 1.62. The van der Waals surface area contributed by atoms with Crippen LogP contribution in [0, 0.1) is 5.92 Å². The highest BCUT2D eigenvalue weighted by molar-refractivity contribution is 6.15. The molecule has 0 bridgehead atoms. The Kier molecular flexibility index (Phi) is 5.68. The van der Waals surface area contributed by atoms with Gasteiger partial charge in [0.25, 0.3) is 0 Å². The lowest BCUT2D eigenvalue weighted by Gasteiger charge is -2.46. The topological polar surface area (TPSA) is 55.8 Å². The molecule has 1 heterocycles. The van der Waals surface area contributed by atoms with E-state index in [1.54, 1.807) is 12.0 Å². The molecule has 0 aliphatic carbocycles. The summed E-state index contributed by atoms with van der Waals surface area (Å²) in [6, 6.07) is 17.1. The van der Waals surface area contributed by atoms with Crippen molar-refractivity contribution in [3.05, 3.63) is 60.2 Å². The number of hydrogen-bond acceptors (Lipinski definition) is 4. The maximum absolute atomic E-state index is 12.5. The first-order valence-electron chi connectivity index (χ1n) is 8.71. The molecule has 1 saturated heterocycles. The van der Waals surface area contributed by atoms with Crippen molar-refractivity contribution in [3.63, 3.8) is 0 Å².